The number of rotatable bonds is 3. The average Bonchev–Trinajstić information content (AvgIpc) is 2.30. The van der Waals surface area contributed by atoms with Gasteiger partial charge in [-0.2, -0.15) is 0 Å². The molecule has 4 nitrogen and oxygen atoms in total. The highest BCUT2D eigenvalue weighted by molar-refractivity contribution is 5.77. The van der Waals surface area contributed by atoms with E-state index >= 15 is 0 Å². The minimum Gasteiger partial charge on any atom is -0.381 e. The first-order valence-electron chi connectivity index (χ1n) is 5.64. The first kappa shape index (κ1) is 11.2. The third-order valence-corrected chi connectivity index (χ3v) is 2.77. The number of ketones is 1. The van der Waals surface area contributed by atoms with E-state index in [1.165, 1.54) is 0 Å². The molecule has 0 radical (unpaired) electrons. The first-order chi connectivity index (χ1) is 7.75. The number of aromatic nitrogens is 2. The van der Waals surface area contributed by atoms with E-state index in [1.54, 1.807) is 13.1 Å². The van der Waals surface area contributed by atoms with Crippen LogP contribution < -0.4 is 0 Å². The van der Waals surface area contributed by atoms with Gasteiger partial charge in [0.1, 0.15) is 11.6 Å². The molecule has 0 N–H and O–H groups in total. The van der Waals surface area contributed by atoms with Crippen molar-refractivity contribution in [3.8, 4) is 0 Å². The van der Waals surface area contributed by atoms with Crippen LogP contribution >= 0.6 is 0 Å². The molecule has 1 fully saturated rings. The zero-order valence-corrected chi connectivity index (χ0v) is 9.48. The third-order valence-electron chi connectivity index (χ3n) is 2.77. The number of carbonyl (C=O) groups excluding carboxylic acids is 1. The SMILES string of the molecule is CC(=O)Cc1nccc(C2CCOCC2)n1. The van der Waals surface area contributed by atoms with Gasteiger partial charge in [0.25, 0.3) is 0 Å². The highest BCUT2D eigenvalue weighted by Crippen LogP contribution is 2.24. The fraction of sp³-hybridized carbons (Fsp3) is 0.583. The Bertz CT molecular complexity index is 373. The Hall–Kier alpha value is -1.29. The lowest BCUT2D eigenvalue weighted by atomic mass is 9.96. The Kier molecular flexibility index (Phi) is 3.62. The van der Waals surface area contributed by atoms with Crippen molar-refractivity contribution in [2.75, 3.05) is 13.2 Å². The molecule has 0 bridgehead atoms. The fourth-order valence-corrected chi connectivity index (χ4v) is 1.94. The summed E-state index contributed by atoms with van der Waals surface area (Å²) in [5, 5.41) is 0. The first-order valence-corrected chi connectivity index (χ1v) is 5.64. The molecule has 0 amide bonds. The second-order valence-corrected chi connectivity index (χ2v) is 4.16. The summed E-state index contributed by atoms with van der Waals surface area (Å²) in [6.45, 7) is 3.16. The summed E-state index contributed by atoms with van der Waals surface area (Å²) in [5.41, 5.74) is 1.05. The summed E-state index contributed by atoms with van der Waals surface area (Å²) < 4.78 is 5.32. The number of Topliss-reactive ketones (excluding diaryl/α,β-unsaturated/α-hetero) is 1. The van der Waals surface area contributed by atoms with Crippen LogP contribution in [0.2, 0.25) is 0 Å². The topological polar surface area (TPSA) is 52.1 Å². The van der Waals surface area contributed by atoms with E-state index in [4.69, 9.17) is 4.74 Å². The summed E-state index contributed by atoms with van der Waals surface area (Å²) in [4.78, 5) is 19.6. The van der Waals surface area contributed by atoms with Gasteiger partial charge in [-0.3, -0.25) is 4.79 Å². The number of nitrogens with zero attached hydrogens (tertiary/aromatic N) is 2. The lowest BCUT2D eigenvalue weighted by molar-refractivity contribution is -0.116. The van der Waals surface area contributed by atoms with E-state index in [1.807, 2.05) is 6.07 Å². The third kappa shape index (κ3) is 2.85. The van der Waals surface area contributed by atoms with Crippen molar-refractivity contribution in [2.24, 2.45) is 0 Å². The molecule has 1 aromatic rings. The van der Waals surface area contributed by atoms with Gasteiger partial charge in [-0.15, -0.1) is 0 Å². The van der Waals surface area contributed by atoms with Gasteiger partial charge in [0.15, 0.2) is 0 Å². The molecule has 1 aliphatic rings. The van der Waals surface area contributed by atoms with Crippen LogP contribution in [0.15, 0.2) is 12.3 Å². The monoisotopic (exact) mass is 220 g/mol. The highest BCUT2D eigenvalue weighted by Gasteiger charge is 2.17. The molecule has 2 rings (SSSR count). The minimum absolute atomic E-state index is 0.101. The van der Waals surface area contributed by atoms with Crippen LogP contribution in [0.1, 0.15) is 37.2 Å². The maximum absolute atomic E-state index is 11.0. The smallest absolute Gasteiger partial charge is 0.137 e. The zero-order valence-electron chi connectivity index (χ0n) is 9.48. The van der Waals surface area contributed by atoms with Crippen LogP contribution in [0.4, 0.5) is 0 Å². The number of carbonyl (C=O) groups is 1. The Labute approximate surface area is 95.1 Å². The van der Waals surface area contributed by atoms with Gasteiger partial charge in [0.05, 0.1) is 6.42 Å². The molecule has 0 aliphatic carbocycles. The molecule has 4 heteroatoms. The average molecular weight is 220 g/mol. The van der Waals surface area contributed by atoms with Crippen molar-refractivity contribution in [1.29, 1.82) is 0 Å². The van der Waals surface area contributed by atoms with E-state index in [9.17, 15) is 4.79 Å². The molecule has 0 unspecified atom stereocenters. The Morgan fingerprint density at radius 1 is 1.50 bits per heavy atom. The molecule has 0 saturated carbocycles. The fourth-order valence-electron chi connectivity index (χ4n) is 1.94. The molecule has 1 aromatic heterocycles. The summed E-state index contributed by atoms with van der Waals surface area (Å²) in [5.74, 6) is 1.20. The Balaban J connectivity index is 2.11. The Morgan fingerprint density at radius 2 is 2.25 bits per heavy atom. The summed E-state index contributed by atoms with van der Waals surface area (Å²) in [7, 11) is 0. The maximum atomic E-state index is 11.0. The van der Waals surface area contributed by atoms with E-state index < -0.39 is 0 Å². The molecule has 0 aromatic carbocycles. The van der Waals surface area contributed by atoms with Crippen molar-refractivity contribution in [3.63, 3.8) is 0 Å². The second kappa shape index (κ2) is 5.16. The van der Waals surface area contributed by atoms with Crippen LogP contribution in [-0.4, -0.2) is 29.0 Å². The van der Waals surface area contributed by atoms with Gasteiger partial charge in [-0.05, 0) is 25.8 Å². The van der Waals surface area contributed by atoms with Crippen molar-refractivity contribution < 1.29 is 9.53 Å². The molecular formula is C12H16N2O2. The zero-order chi connectivity index (χ0) is 11.4. The maximum Gasteiger partial charge on any atom is 0.137 e. The number of hydrogen-bond acceptors (Lipinski definition) is 4. The van der Waals surface area contributed by atoms with Gasteiger partial charge < -0.3 is 4.74 Å². The summed E-state index contributed by atoms with van der Waals surface area (Å²) in [6, 6.07) is 1.94. The van der Waals surface area contributed by atoms with Gasteiger partial charge in [-0.1, -0.05) is 0 Å². The lowest BCUT2D eigenvalue weighted by Gasteiger charge is -2.21. The number of ether oxygens (including phenoxy) is 1. The molecule has 86 valence electrons. The van der Waals surface area contributed by atoms with Gasteiger partial charge in [0, 0.05) is 31.0 Å². The van der Waals surface area contributed by atoms with Crippen LogP contribution in [0, 0.1) is 0 Å². The molecule has 0 spiro atoms. The summed E-state index contributed by atoms with van der Waals surface area (Å²) >= 11 is 0. The van der Waals surface area contributed by atoms with Crippen molar-refractivity contribution in [3.05, 3.63) is 23.8 Å². The lowest BCUT2D eigenvalue weighted by Crippen LogP contribution is -2.16. The number of hydrogen-bond donors (Lipinski definition) is 0. The molecule has 0 atom stereocenters. The van der Waals surface area contributed by atoms with E-state index in [-0.39, 0.29) is 5.78 Å². The standard InChI is InChI=1S/C12H16N2O2/c1-9(15)8-12-13-5-2-11(14-12)10-3-6-16-7-4-10/h2,5,10H,3-4,6-8H2,1H3. The van der Waals surface area contributed by atoms with Gasteiger partial charge >= 0.3 is 0 Å². The molecule has 1 aliphatic heterocycles. The summed E-state index contributed by atoms with van der Waals surface area (Å²) in [6.07, 6.45) is 4.10. The van der Waals surface area contributed by atoms with E-state index in [2.05, 4.69) is 9.97 Å². The van der Waals surface area contributed by atoms with Gasteiger partial charge in [0.2, 0.25) is 0 Å². The van der Waals surface area contributed by atoms with E-state index in [0.29, 0.717) is 18.2 Å². The molecule has 1 saturated heterocycles. The molecular weight excluding hydrogens is 204 g/mol. The van der Waals surface area contributed by atoms with Crippen LogP contribution in [-0.2, 0) is 16.0 Å². The largest absolute Gasteiger partial charge is 0.381 e. The predicted octanol–water partition coefficient (Wildman–Crippen LogP) is 1.50. The van der Waals surface area contributed by atoms with E-state index in [0.717, 1.165) is 31.7 Å². The van der Waals surface area contributed by atoms with Crippen LogP contribution in [0.5, 0.6) is 0 Å². The quantitative estimate of drug-likeness (QED) is 0.774. The van der Waals surface area contributed by atoms with Crippen LogP contribution in [0.25, 0.3) is 0 Å². The van der Waals surface area contributed by atoms with Crippen LogP contribution in [0.3, 0.4) is 0 Å². The van der Waals surface area contributed by atoms with Crippen molar-refractivity contribution >= 4 is 5.78 Å². The predicted molar refractivity (Wildman–Crippen MR) is 59.2 cm³/mol. The van der Waals surface area contributed by atoms with Crippen molar-refractivity contribution in [1.82, 2.24) is 9.97 Å². The molecule has 2 heterocycles. The second-order valence-electron chi connectivity index (χ2n) is 4.16. The Morgan fingerprint density at radius 3 is 2.94 bits per heavy atom. The minimum atomic E-state index is 0.101. The van der Waals surface area contributed by atoms with Crippen molar-refractivity contribution in [2.45, 2.75) is 32.1 Å². The van der Waals surface area contributed by atoms with Gasteiger partial charge in [-0.25, -0.2) is 9.97 Å². The normalized spacial score (nSPS) is 17.3. The highest BCUT2D eigenvalue weighted by atomic mass is 16.5. The molecule has 16 heavy (non-hydrogen) atoms.